The van der Waals surface area contributed by atoms with E-state index in [1.165, 1.54) is 24.1 Å². The molecule has 0 aliphatic heterocycles. The van der Waals surface area contributed by atoms with Crippen molar-refractivity contribution < 1.29 is 0 Å². The quantitative estimate of drug-likeness (QED) is 0.841. The van der Waals surface area contributed by atoms with Crippen LogP contribution in [0, 0.1) is 4.77 Å². The molecule has 1 heterocycles. The van der Waals surface area contributed by atoms with Crippen LogP contribution in [0.3, 0.4) is 0 Å². The summed E-state index contributed by atoms with van der Waals surface area (Å²) in [5.74, 6) is 1.68. The van der Waals surface area contributed by atoms with Gasteiger partial charge in [0.05, 0.1) is 5.69 Å². The lowest BCUT2D eigenvalue weighted by Gasteiger charge is -2.10. The van der Waals surface area contributed by atoms with E-state index < -0.39 is 0 Å². The Balaban J connectivity index is 2.20. The van der Waals surface area contributed by atoms with Crippen LogP contribution in [0.25, 0.3) is 5.69 Å². The maximum absolute atomic E-state index is 5.35. The summed E-state index contributed by atoms with van der Waals surface area (Å²) in [6.07, 6.45) is 3.47. The lowest BCUT2D eigenvalue weighted by atomic mass is 10.1. The molecule has 1 aliphatic carbocycles. The molecule has 0 amide bonds. The zero-order valence-electron chi connectivity index (χ0n) is 9.81. The van der Waals surface area contributed by atoms with Crippen LogP contribution in [0.1, 0.15) is 37.1 Å². The number of nitrogens with one attached hydrogen (secondary N) is 1. The van der Waals surface area contributed by atoms with Crippen LogP contribution in [0.15, 0.2) is 24.3 Å². The summed E-state index contributed by atoms with van der Waals surface area (Å²) in [7, 11) is 0. The van der Waals surface area contributed by atoms with Crippen molar-refractivity contribution in [1.29, 1.82) is 0 Å². The average molecular weight is 245 g/mol. The van der Waals surface area contributed by atoms with Gasteiger partial charge < -0.3 is 0 Å². The van der Waals surface area contributed by atoms with Crippen LogP contribution in [0.4, 0.5) is 0 Å². The fraction of sp³-hybridized carbons (Fsp3) is 0.385. The SMILES string of the molecule is CCc1ccccc1-n1c(C2CC2)n[nH]c1=S. The van der Waals surface area contributed by atoms with E-state index in [4.69, 9.17) is 12.2 Å². The van der Waals surface area contributed by atoms with Gasteiger partial charge in [0.2, 0.25) is 0 Å². The molecule has 0 spiro atoms. The molecule has 1 aliphatic rings. The van der Waals surface area contributed by atoms with Gasteiger partial charge in [0, 0.05) is 5.92 Å². The number of benzene rings is 1. The molecule has 1 saturated carbocycles. The minimum absolute atomic E-state index is 0.591. The molecule has 0 radical (unpaired) electrons. The summed E-state index contributed by atoms with van der Waals surface area (Å²) in [6.45, 7) is 2.17. The van der Waals surface area contributed by atoms with Crippen LogP contribution in [-0.4, -0.2) is 14.8 Å². The second kappa shape index (κ2) is 4.11. The van der Waals surface area contributed by atoms with Gasteiger partial charge in [-0.2, -0.15) is 5.10 Å². The molecule has 0 unspecified atom stereocenters. The second-order valence-corrected chi connectivity index (χ2v) is 4.87. The number of aryl methyl sites for hydroxylation is 1. The molecule has 2 aromatic rings. The Labute approximate surface area is 105 Å². The molecular formula is C13H15N3S. The van der Waals surface area contributed by atoms with Gasteiger partial charge in [-0.1, -0.05) is 25.1 Å². The van der Waals surface area contributed by atoms with Crippen LogP contribution < -0.4 is 0 Å². The molecule has 1 fully saturated rings. The van der Waals surface area contributed by atoms with Crippen molar-refractivity contribution in [2.75, 3.05) is 0 Å². The summed E-state index contributed by atoms with van der Waals surface area (Å²) >= 11 is 5.35. The van der Waals surface area contributed by atoms with Crippen molar-refractivity contribution >= 4 is 12.2 Å². The van der Waals surface area contributed by atoms with Crippen LogP contribution in [0.5, 0.6) is 0 Å². The Morgan fingerprint density at radius 1 is 1.41 bits per heavy atom. The topological polar surface area (TPSA) is 33.6 Å². The van der Waals surface area contributed by atoms with Crippen molar-refractivity contribution in [2.24, 2.45) is 0 Å². The standard InChI is InChI=1S/C13H15N3S/c1-2-9-5-3-4-6-11(9)16-12(10-7-8-10)14-15-13(16)17/h3-6,10H,2,7-8H2,1H3,(H,15,17). The van der Waals surface area contributed by atoms with Crippen molar-refractivity contribution in [1.82, 2.24) is 14.8 Å². The predicted molar refractivity (Wildman–Crippen MR) is 70.1 cm³/mol. The smallest absolute Gasteiger partial charge is 0.199 e. The monoisotopic (exact) mass is 245 g/mol. The van der Waals surface area contributed by atoms with Crippen LogP contribution in [0.2, 0.25) is 0 Å². The highest BCUT2D eigenvalue weighted by Gasteiger charge is 2.29. The molecule has 4 heteroatoms. The lowest BCUT2D eigenvalue weighted by molar-refractivity contribution is 0.859. The highest BCUT2D eigenvalue weighted by atomic mass is 32.1. The summed E-state index contributed by atoms with van der Waals surface area (Å²) in [5, 5.41) is 7.30. The van der Waals surface area contributed by atoms with Crippen molar-refractivity contribution in [2.45, 2.75) is 32.1 Å². The number of hydrogen-bond donors (Lipinski definition) is 1. The number of H-pyrrole nitrogens is 1. The van der Waals surface area contributed by atoms with Crippen LogP contribution in [-0.2, 0) is 6.42 Å². The first kappa shape index (κ1) is 10.7. The molecule has 1 aromatic heterocycles. The number of rotatable bonds is 3. The van der Waals surface area contributed by atoms with E-state index in [-0.39, 0.29) is 0 Å². The van der Waals surface area contributed by atoms with Gasteiger partial charge in [0.15, 0.2) is 4.77 Å². The molecule has 1 aromatic carbocycles. The average Bonchev–Trinajstić information content (AvgIpc) is 3.13. The first-order chi connectivity index (χ1) is 8.31. The van der Waals surface area contributed by atoms with E-state index in [9.17, 15) is 0 Å². The number of nitrogens with zero attached hydrogens (tertiary/aromatic N) is 2. The largest absolute Gasteiger partial charge is 0.272 e. The van der Waals surface area contributed by atoms with E-state index in [0.717, 1.165) is 12.2 Å². The maximum atomic E-state index is 5.35. The molecular weight excluding hydrogens is 230 g/mol. The fourth-order valence-electron chi connectivity index (χ4n) is 2.19. The zero-order chi connectivity index (χ0) is 11.8. The molecule has 88 valence electrons. The first-order valence-corrected chi connectivity index (χ1v) is 6.47. The van der Waals surface area contributed by atoms with Gasteiger partial charge in [-0.3, -0.25) is 9.67 Å². The van der Waals surface area contributed by atoms with Gasteiger partial charge in [0.25, 0.3) is 0 Å². The van der Waals surface area contributed by atoms with Crippen molar-refractivity contribution in [3.8, 4) is 5.69 Å². The Morgan fingerprint density at radius 3 is 2.88 bits per heavy atom. The molecule has 3 rings (SSSR count). The molecule has 0 saturated heterocycles. The molecule has 3 nitrogen and oxygen atoms in total. The Bertz CT molecular complexity index is 593. The minimum Gasteiger partial charge on any atom is -0.272 e. The highest BCUT2D eigenvalue weighted by molar-refractivity contribution is 7.71. The van der Waals surface area contributed by atoms with Crippen LogP contribution >= 0.6 is 12.2 Å². The van der Waals surface area contributed by atoms with E-state index >= 15 is 0 Å². The minimum atomic E-state index is 0.591. The Kier molecular flexibility index (Phi) is 2.59. The van der Waals surface area contributed by atoms with E-state index in [0.29, 0.717) is 10.7 Å². The normalized spacial score (nSPS) is 15.1. The number of hydrogen-bond acceptors (Lipinski definition) is 2. The summed E-state index contributed by atoms with van der Waals surface area (Å²) in [4.78, 5) is 0. The highest BCUT2D eigenvalue weighted by Crippen LogP contribution is 2.40. The van der Waals surface area contributed by atoms with E-state index in [2.05, 4.69) is 46.0 Å². The number of para-hydroxylation sites is 1. The van der Waals surface area contributed by atoms with Gasteiger partial charge >= 0.3 is 0 Å². The molecule has 0 bridgehead atoms. The maximum Gasteiger partial charge on any atom is 0.199 e. The summed E-state index contributed by atoms with van der Waals surface area (Å²) in [5.41, 5.74) is 2.49. The van der Waals surface area contributed by atoms with Crippen molar-refractivity contribution in [3.05, 3.63) is 40.4 Å². The number of aromatic nitrogens is 3. The van der Waals surface area contributed by atoms with Gasteiger partial charge in [-0.05, 0) is 43.1 Å². The first-order valence-electron chi connectivity index (χ1n) is 6.07. The Hall–Kier alpha value is -1.42. The second-order valence-electron chi connectivity index (χ2n) is 4.48. The zero-order valence-corrected chi connectivity index (χ0v) is 10.6. The van der Waals surface area contributed by atoms with Gasteiger partial charge in [-0.15, -0.1) is 0 Å². The van der Waals surface area contributed by atoms with E-state index in [1.54, 1.807) is 0 Å². The third-order valence-electron chi connectivity index (χ3n) is 3.25. The molecule has 1 N–H and O–H groups in total. The van der Waals surface area contributed by atoms with Crippen molar-refractivity contribution in [3.63, 3.8) is 0 Å². The third-order valence-corrected chi connectivity index (χ3v) is 3.53. The molecule has 17 heavy (non-hydrogen) atoms. The van der Waals surface area contributed by atoms with E-state index in [1.807, 2.05) is 0 Å². The summed E-state index contributed by atoms with van der Waals surface area (Å²) in [6, 6.07) is 8.40. The third kappa shape index (κ3) is 1.82. The van der Waals surface area contributed by atoms with Gasteiger partial charge in [-0.25, -0.2) is 0 Å². The van der Waals surface area contributed by atoms with Gasteiger partial charge in [0.1, 0.15) is 5.82 Å². The fourth-order valence-corrected chi connectivity index (χ4v) is 2.42. The Morgan fingerprint density at radius 2 is 2.18 bits per heavy atom. The predicted octanol–water partition coefficient (Wildman–Crippen LogP) is 3.37. The number of aromatic amines is 1. The molecule has 0 atom stereocenters. The summed E-state index contributed by atoms with van der Waals surface area (Å²) < 4.78 is 2.80. The lowest BCUT2D eigenvalue weighted by Crippen LogP contribution is -2.03.